The average molecular weight is 222 g/mol. The zero-order valence-corrected chi connectivity index (χ0v) is 9.69. The Balaban J connectivity index is 3.02. The Bertz CT molecular complexity index is 353. The molecule has 1 aromatic carbocycles. The molecule has 0 aliphatic rings. The molecule has 1 unspecified atom stereocenters. The second kappa shape index (κ2) is 6.12. The van der Waals surface area contributed by atoms with Crippen molar-refractivity contribution in [2.75, 3.05) is 13.2 Å². The van der Waals surface area contributed by atoms with Crippen molar-refractivity contribution in [3.63, 3.8) is 0 Å². The first-order chi connectivity index (χ1) is 7.70. The maximum atomic E-state index is 11.4. The lowest BCUT2D eigenvalue weighted by Gasteiger charge is -2.18. The molecule has 1 aromatic rings. The molecule has 1 rings (SSSR count). The largest absolute Gasteiger partial charge is 0.494 e. The maximum absolute atomic E-state index is 11.4. The minimum Gasteiger partial charge on any atom is -0.494 e. The third kappa shape index (κ3) is 2.97. The van der Waals surface area contributed by atoms with Crippen molar-refractivity contribution in [1.29, 1.82) is 0 Å². The third-order valence-electron chi connectivity index (χ3n) is 2.22. The predicted molar refractivity (Wildman–Crippen MR) is 63.2 cm³/mol. The number of rotatable bonds is 6. The topological polar surface area (TPSA) is 64.3 Å². The fourth-order valence-corrected chi connectivity index (χ4v) is 1.57. The lowest BCUT2D eigenvalue weighted by molar-refractivity contribution is -0.120. The number of ether oxygens (including phenoxy) is 1. The minimum absolute atomic E-state index is 0.394. The van der Waals surface area contributed by atoms with Crippen LogP contribution in [0.5, 0.6) is 5.75 Å². The van der Waals surface area contributed by atoms with Crippen LogP contribution in [-0.2, 0) is 4.79 Å². The summed E-state index contributed by atoms with van der Waals surface area (Å²) >= 11 is 0. The van der Waals surface area contributed by atoms with Crippen molar-refractivity contribution in [1.82, 2.24) is 5.32 Å². The minimum atomic E-state index is -0.493. The van der Waals surface area contributed by atoms with Gasteiger partial charge in [-0.1, -0.05) is 25.1 Å². The zero-order valence-electron chi connectivity index (χ0n) is 9.69. The first-order valence-electron chi connectivity index (χ1n) is 5.45. The van der Waals surface area contributed by atoms with Gasteiger partial charge in [0.15, 0.2) is 0 Å². The van der Waals surface area contributed by atoms with Crippen LogP contribution in [0.25, 0.3) is 0 Å². The molecule has 1 atom stereocenters. The molecule has 0 fully saturated rings. The van der Waals surface area contributed by atoms with E-state index in [1.54, 1.807) is 0 Å². The molecule has 0 aliphatic carbocycles. The van der Waals surface area contributed by atoms with Crippen LogP contribution in [-0.4, -0.2) is 19.1 Å². The van der Waals surface area contributed by atoms with Crippen LogP contribution in [0, 0.1) is 0 Å². The summed E-state index contributed by atoms with van der Waals surface area (Å²) in [4.78, 5) is 11.4. The highest BCUT2D eigenvalue weighted by Crippen LogP contribution is 2.24. The number of benzene rings is 1. The Labute approximate surface area is 95.8 Å². The summed E-state index contributed by atoms with van der Waals surface area (Å²) in [7, 11) is 0. The highest BCUT2D eigenvalue weighted by atomic mass is 16.5. The summed E-state index contributed by atoms with van der Waals surface area (Å²) < 4.78 is 5.47. The fourth-order valence-electron chi connectivity index (χ4n) is 1.57. The number of para-hydroxylation sites is 1. The lowest BCUT2D eigenvalue weighted by atomic mass is 10.1. The van der Waals surface area contributed by atoms with Gasteiger partial charge in [0.25, 0.3) is 0 Å². The molecule has 0 aromatic heterocycles. The number of hydrogen-bond acceptors (Lipinski definition) is 3. The fraction of sp³-hybridized carbons (Fsp3) is 0.417. The summed E-state index contributed by atoms with van der Waals surface area (Å²) in [6.45, 7) is 5.07. The number of amides is 1. The van der Waals surface area contributed by atoms with E-state index in [9.17, 15) is 4.79 Å². The highest BCUT2D eigenvalue weighted by molar-refractivity contribution is 5.82. The van der Waals surface area contributed by atoms with Gasteiger partial charge in [0.2, 0.25) is 5.91 Å². The van der Waals surface area contributed by atoms with E-state index >= 15 is 0 Å². The summed E-state index contributed by atoms with van der Waals surface area (Å²) in [5.41, 5.74) is 6.15. The van der Waals surface area contributed by atoms with Gasteiger partial charge in [-0.05, 0) is 19.5 Å². The summed E-state index contributed by atoms with van der Waals surface area (Å²) in [5.74, 6) is 0.309. The highest BCUT2D eigenvalue weighted by Gasteiger charge is 2.19. The molecule has 0 saturated carbocycles. The third-order valence-corrected chi connectivity index (χ3v) is 2.22. The number of likely N-dealkylation sites (N-methyl/N-ethyl adjacent to an activating group) is 1. The number of carbonyl (C=O) groups excluding carboxylic acids is 1. The molecule has 4 heteroatoms. The first kappa shape index (κ1) is 12.5. The van der Waals surface area contributed by atoms with E-state index in [0.29, 0.717) is 18.9 Å². The molecular formula is C12H18N2O2. The van der Waals surface area contributed by atoms with Crippen molar-refractivity contribution in [3.05, 3.63) is 29.8 Å². The number of hydrogen-bond donors (Lipinski definition) is 2. The van der Waals surface area contributed by atoms with Gasteiger partial charge < -0.3 is 15.8 Å². The van der Waals surface area contributed by atoms with Crippen LogP contribution in [0.15, 0.2) is 24.3 Å². The molecule has 0 spiro atoms. The normalized spacial score (nSPS) is 12.1. The smallest absolute Gasteiger partial charge is 0.239 e. The van der Waals surface area contributed by atoms with E-state index in [2.05, 4.69) is 5.32 Å². The summed E-state index contributed by atoms with van der Waals surface area (Å²) in [6.07, 6.45) is 0. The Morgan fingerprint density at radius 3 is 2.69 bits per heavy atom. The van der Waals surface area contributed by atoms with Crippen molar-refractivity contribution >= 4 is 5.91 Å². The van der Waals surface area contributed by atoms with Crippen LogP contribution in [0.1, 0.15) is 25.5 Å². The van der Waals surface area contributed by atoms with Gasteiger partial charge in [-0.15, -0.1) is 0 Å². The van der Waals surface area contributed by atoms with E-state index in [1.165, 1.54) is 0 Å². The number of primary amides is 1. The van der Waals surface area contributed by atoms with Gasteiger partial charge in [0, 0.05) is 5.56 Å². The molecule has 1 amide bonds. The predicted octanol–water partition coefficient (Wildman–Crippen LogP) is 1.22. The van der Waals surface area contributed by atoms with Gasteiger partial charge in [-0.2, -0.15) is 0 Å². The van der Waals surface area contributed by atoms with E-state index < -0.39 is 11.9 Å². The number of carbonyl (C=O) groups is 1. The van der Waals surface area contributed by atoms with E-state index in [0.717, 1.165) is 5.56 Å². The standard InChI is InChI=1S/C12H18N2O2/c1-3-14-11(12(13)15)9-7-5-6-8-10(9)16-4-2/h5-8,11,14H,3-4H2,1-2H3,(H2,13,15). The molecule has 3 N–H and O–H groups in total. The van der Waals surface area contributed by atoms with Gasteiger partial charge in [-0.3, -0.25) is 4.79 Å². The van der Waals surface area contributed by atoms with Gasteiger partial charge in [0.1, 0.15) is 11.8 Å². The molecule has 4 nitrogen and oxygen atoms in total. The van der Waals surface area contributed by atoms with Crippen molar-refractivity contribution in [2.24, 2.45) is 5.73 Å². The van der Waals surface area contributed by atoms with E-state index in [1.807, 2.05) is 38.1 Å². The Morgan fingerprint density at radius 2 is 2.12 bits per heavy atom. The molecule has 88 valence electrons. The molecule has 0 radical (unpaired) electrons. The Kier molecular flexibility index (Phi) is 4.79. The monoisotopic (exact) mass is 222 g/mol. The number of nitrogens with two attached hydrogens (primary N) is 1. The van der Waals surface area contributed by atoms with Crippen LogP contribution in [0.3, 0.4) is 0 Å². The Hall–Kier alpha value is -1.55. The van der Waals surface area contributed by atoms with Crippen LogP contribution in [0.4, 0.5) is 0 Å². The van der Waals surface area contributed by atoms with Gasteiger partial charge >= 0.3 is 0 Å². The second-order valence-corrected chi connectivity index (χ2v) is 3.36. The van der Waals surface area contributed by atoms with Crippen LogP contribution >= 0.6 is 0 Å². The molecule has 0 saturated heterocycles. The molecule has 0 aliphatic heterocycles. The summed E-state index contributed by atoms with van der Waals surface area (Å²) in [5, 5.41) is 3.04. The van der Waals surface area contributed by atoms with Gasteiger partial charge in [-0.25, -0.2) is 0 Å². The van der Waals surface area contributed by atoms with Gasteiger partial charge in [0.05, 0.1) is 6.61 Å². The number of nitrogens with one attached hydrogen (secondary N) is 1. The van der Waals surface area contributed by atoms with Crippen molar-refractivity contribution in [2.45, 2.75) is 19.9 Å². The molecule has 0 heterocycles. The molecule has 0 bridgehead atoms. The van der Waals surface area contributed by atoms with Crippen molar-refractivity contribution < 1.29 is 9.53 Å². The lowest BCUT2D eigenvalue weighted by Crippen LogP contribution is -2.33. The molecular weight excluding hydrogens is 204 g/mol. The quantitative estimate of drug-likeness (QED) is 0.760. The van der Waals surface area contributed by atoms with E-state index in [-0.39, 0.29) is 0 Å². The summed E-state index contributed by atoms with van der Waals surface area (Å²) in [6, 6.07) is 6.94. The average Bonchev–Trinajstić information content (AvgIpc) is 2.27. The second-order valence-electron chi connectivity index (χ2n) is 3.36. The SMILES string of the molecule is CCNC(C(N)=O)c1ccccc1OCC. The van der Waals surface area contributed by atoms with Crippen LogP contribution < -0.4 is 15.8 Å². The van der Waals surface area contributed by atoms with Crippen LogP contribution in [0.2, 0.25) is 0 Å². The zero-order chi connectivity index (χ0) is 12.0. The van der Waals surface area contributed by atoms with E-state index in [4.69, 9.17) is 10.5 Å². The maximum Gasteiger partial charge on any atom is 0.239 e. The first-order valence-corrected chi connectivity index (χ1v) is 5.45. The van der Waals surface area contributed by atoms with Crippen molar-refractivity contribution in [3.8, 4) is 5.75 Å². The Morgan fingerprint density at radius 1 is 1.44 bits per heavy atom. The molecule has 16 heavy (non-hydrogen) atoms.